The Balaban J connectivity index is 0. The quantitative estimate of drug-likeness (QED) is 0.212. The number of hydrogen-bond acceptors (Lipinski definition) is 0. The summed E-state index contributed by atoms with van der Waals surface area (Å²) < 4.78 is 0. The van der Waals surface area contributed by atoms with Gasteiger partial charge in [0.25, 0.3) is 0 Å². The van der Waals surface area contributed by atoms with Gasteiger partial charge in [0, 0.05) is 0 Å². The molecule has 0 heterocycles. The molecule has 56 valence electrons. The van der Waals surface area contributed by atoms with E-state index >= 15 is 0 Å². The zero-order valence-corrected chi connectivity index (χ0v) is 20.8. The van der Waals surface area contributed by atoms with Gasteiger partial charge in [-0.1, -0.05) is 0 Å². The Labute approximate surface area is 234 Å². The first-order valence-corrected chi connectivity index (χ1v) is 0. The zero-order chi connectivity index (χ0) is 0. The average Bonchev–Trinajstić information content (AvgIpc) is 0. The Kier molecular flexibility index (Phi) is 338. The summed E-state index contributed by atoms with van der Waals surface area (Å²) in [6.07, 6.45) is 0. The van der Waals surface area contributed by atoms with Gasteiger partial charge in [-0.05, 0) is 0 Å². The van der Waals surface area contributed by atoms with Crippen LogP contribution < -0.4 is 144 Å². The number of halogens is 6. The standard InChI is InChI=1S/2Eu.6HI/h;;6*1H/q2*+3;;;;;;/p-6. The monoisotopic (exact) mass is 1070 g/mol. The molecule has 0 nitrogen and oxygen atoms in total. The predicted molar refractivity (Wildman–Crippen MR) is 0 cm³/mol. The van der Waals surface area contributed by atoms with Crippen molar-refractivity contribution in [1.82, 2.24) is 0 Å². The molecule has 8 heteroatoms. The summed E-state index contributed by atoms with van der Waals surface area (Å²) in [4.78, 5) is 0. The van der Waals surface area contributed by atoms with E-state index in [1.165, 1.54) is 0 Å². The third-order valence-corrected chi connectivity index (χ3v) is 0. The van der Waals surface area contributed by atoms with Crippen LogP contribution in [0.15, 0.2) is 0 Å². The fourth-order valence-electron chi connectivity index (χ4n) is 0. The molecule has 0 aliphatic carbocycles. The fourth-order valence-corrected chi connectivity index (χ4v) is 0. The second kappa shape index (κ2) is 46.9. The summed E-state index contributed by atoms with van der Waals surface area (Å²) in [5, 5.41) is 0. The van der Waals surface area contributed by atoms with Crippen molar-refractivity contribution in [3.05, 3.63) is 0 Å². The summed E-state index contributed by atoms with van der Waals surface area (Å²) in [5.41, 5.74) is 0. The molecule has 0 spiro atoms. The van der Waals surface area contributed by atoms with Crippen LogP contribution in [0.3, 0.4) is 0 Å². The molecule has 0 bridgehead atoms. The third-order valence-electron chi connectivity index (χ3n) is 0. The molecule has 0 aromatic carbocycles. The Morgan fingerprint density at radius 3 is 0.250 bits per heavy atom. The molecular weight excluding hydrogens is 1070 g/mol. The van der Waals surface area contributed by atoms with Crippen LogP contribution in [-0.4, -0.2) is 0 Å². The normalized spacial score (nSPS) is 0. The SMILES string of the molecule is [Eu+3].[Eu+3].[I-].[I-].[I-].[I-].[I-].[I-]. The summed E-state index contributed by atoms with van der Waals surface area (Å²) in [6.45, 7) is 0. The molecule has 0 N–H and O–H groups in total. The molecule has 0 aromatic heterocycles. The van der Waals surface area contributed by atoms with E-state index in [2.05, 4.69) is 0 Å². The van der Waals surface area contributed by atoms with Gasteiger partial charge in [-0.25, -0.2) is 0 Å². The molecule has 8 heavy (non-hydrogen) atoms. The van der Waals surface area contributed by atoms with Crippen LogP contribution in [0.4, 0.5) is 0 Å². The Morgan fingerprint density at radius 1 is 0.250 bits per heavy atom. The van der Waals surface area contributed by atoms with E-state index in [4.69, 9.17) is 0 Å². The van der Waals surface area contributed by atoms with Crippen LogP contribution in [0, 0.1) is 98.8 Å². The summed E-state index contributed by atoms with van der Waals surface area (Å²) in [7, 11) is 0. The second-order valence-electron chi connectivity index (χ2n) is 0. The van der Waals surface area contributed by atoms with E-state index in [1.54, 1.807) is 0 Å². The van der Waals surface area contributed by atoms with Gasteiger partial charge in [0.1, 0.15) is 0 Å². The summed E-state index contributed by atoms with van der Waals surface area (Å²) in [6, 6.07) is 0. The molecule has 0 saturated carbocycles. The molecule has 0 saturated heterocycles. The first kappa shape index (κ1) is 57.8. The van der Waals surface area contributed by atoms with Gasteiger partial charge in [0.15, 0.2) is 0 Å². The molecule has 0 radical (unpaired) electrons. The molecule has 0 amide bonds. The van der Waals surface area contributed by atoms with Crippen molar-refractivity contribution in [3.63, 3.8) is 0 Å². The molecule has 0 aromatic rings. The molecule has 0 fully saturated rings. The van der Waals surface area contributed by atoms with E-state index in [-0.39, 0.29) is 243 Å². The number of rotatable bonds is 0. The maximum absolute atomic E-state index is 0. The van der Waals surface area contributed by atoms with E-state index in [0.717, 1.165) is 0 Å². The Hall–Kier alpha value is 7.55. The van der Waals surface area contributed by atoms with Crippen molar-refractivity contribution in [2.75, 3.05) is 0 Å². The minimum Gasteiger partial charge on any atom is -1.00 e. The van der Waals surface area contributed by atoms with Crippen LogP contribution in [0.5, 0.6) is 0 Å². The maximum Gasteiger partial charge on any atom is 3.00 e. The van der Waals surface area contributed by atoms with Crippen LogP contribution in [0.2, 0.25) is 0 Å². The average molecular weight is 1070 g/mol. The Morgan fingerprint density at radius 2 is 0.250 bits per heavy atom. The predicted octanol–water partition coefficient (Wildman–Crippen LogP) is -18.0. The van der Waals surface area contributed by atoms with Crippen LogP contribution in [0.1, 0.15) is 0 Å². The van der Waals surface area contributed by atoms with Crippen molar-refractivity contribution in [2.45, 2.75) is 0 Å². The third kappa shape index (κ3) is 37.4. The fraction of sp³-hybridized carbons (Fsp3) is 0. The smallest absolute Gasteiger partial charge is 1.00 e. The van der Waals surface area contributed by atoms with Crippen molar-refractivity contribution in [3.8, 4) is 0 Å². The minimum atomic E-state index is 0. The topological polar surface area (TPSA) is 0 Å². The van der Waals surface area contributed by atoms with Crippen LogP contribution in [0.25, 0.3) is 0 Å². The van der Waals surface area contributed by atoms with Gasteiger partial charge in [-0.15, -0.1) is 0 Å². The van der Waals surface area contributed by atoms with Gasteiger partial charge in [0.05, 0.1) is 0 Å². The largest absolute Gasteiger partial charge is 3.00 e. The zero-order valence-electron chi connectivity index (χ0n) is 3.02. The minimum absolute atomic E-state index is 0. The first-order chi connectivity index (χ1) is 0. The maximum atomic E-state index is 0. The van der Waals surface area contributed by atoms with E-state index in [1.807, 2.05) is 0 Å². The molecule has 0 atom stereocenters. The number of hydrogen-bond donors (Lipinski definition) is 0. The van der Waals surface area contributed by atoms with Gasteiger partial charge < -0.3 is 144 Å². The first-order valence-electron chi connectivity index (χ1n) is 0. The van der Waals surface area contributed by atoms with Gasteiger partial charge >= 0.3 is 98.8 Å². The van der Waals surface area contributed by atoms with Crippen LogP contribution >= 0.6 is 0 Å². The van der Waals surface area contributed by atoms with Crippen molar-refractivity contribution >= 4 is 0 Å². The van der Waals surface area contributed by atoms with E-state index in [9.17, 15) is 0 Å². The van der Waals surface area contributed by atoms with Gasteiger partial charge in [-0.2, -0.15) is 0 Å². The van der Waals surface area contributed by atoms with Crippen LogP contribution in [-0.2, 0) is 0 Å². The van der Waals surface area contributed by atoms with E-state index in [0.29, 0.717) is 0 Å². The summed E-state index contributed by atoms with van der Waals surface area (Å²) in [5.74, 6) is 0. The second-order valence-corrected chi connectivity index (χ2v) is 0. The van der Waals surface area contributed by atoms with Crippen molar-refractivity contribution in [1.29, 1.82) is 0 Å². The van der Waals surface area contributed by atoms with Crippen molar-refractivity contribution in [2.24, 2.45) is 0 Å². The molecule has 0 aliphatic rings. The van der Waals surface area contributed by atoms with Gasteiger partial charge in [0.2, 0.25) is 0 Å². The Bertz CT molecular complexity index is 6.49. The van der Waals surface area contributed by atoms with Gasteiger partial charge in [-0.3, -0.25) is 0 Å². The molecular formula is Eu2I6. The molecule has 0 aliphatic heterocycles. The van der Waals surface area contributed by atoms with E-state index < -0.39 is 0 Å². The summed E-state index contributed by atoms with van der Waals surface area (Å²) >= 11 is 0. The molecule has 0 rings (SSSR count). The van der Waals surface area contributed by atoms with Crippen molar-refractivity contribution < 1.29 is 243 Å². The molecule has 0 unspecified atom stereocenters.